The Morgan fingerprint density at radius 3 is 2.43 bits per heavy atom. The minimum absolute atomic E-state index is 0.0851. The number of rotatable bonds is 5. The number of hydrogen-bond donors (Lipinski definition) is 3. The molecule has 0 fully saturated rings. The quantitative estimate of drug-likeness (QED) is 0.466. The van der Waals surface area contributed by atoms with E-state index >= 15 is 0 Å². The van der Waals surface area contributed by atoms with Crippen LogP contribution in [0.1, 0.15) is 29.8 Å². The van der Waals surface area contributed by atoms with Crippen LogP contribution >= 0.6 is 0 Å². The van der Waals surface area contributed by atoms with Crippen molar-refractivity contribution in [2.75, 3.05) is 5.32 Å². The van der Waals surface area contributed by atoms with E-state index in [0.29, 0.717) is 16.8 Å². The van der Waals surface area contributed by atoms with Crippen LogP contribution in [-0.2, 0) is 4.79 Å². The van der Waals surface area contributed by atoms with E-state index < -0.39 is 5.91 Å². The van der Waals surface area contributed by atoms with Crippen molar-refractivity contribution < 1.29 is 14.7 Å². The highest BCUT2D eigenvalue weighted by molar-refractivity contribution is 6.03. The van der Waals surface area contributed by atoms with E-state index in [-0.39, 0.29) is 17.6 Å². The van der Waals surface area contributed by atoms with Crippen LogP contribution in [0.2, 0.25) is 0 Å². The van der Waals surface area contributed by atoms with E-state index in [1.165, 1.54) is 6.21 Å². The number of phenols is 1. The molecule has 28 heavy (non-hydrogen) atoms. The van der Waals surface area contributed by atoms with Crippen LogP contribution in [0.3, 0.4) is 0 Å². The van der Waals surface area contributed by atoms with Gasteiger partial charge in [0.1, 0.15) is 5.75 Å². The largest absolute Gasteiger partial charge is 0.507 e. The van der Waals surface area contributed by atoms with Crippen LogP contribution < -0.4 is 10.7 Å². The van der Waals surface area contributed by atoms with E-state index in [1.54, 1.807) is 30.3 Å². The van der Waals surface area contributed by atoms with Crippen molar-refractivity contribution in [3.05, 3.63) is 71.8 Å². The normalized spacial score (nSPS) is 11.1. The summed E-state index contributed by atoms with van der Waals surface area (Å²) in [7, 11) is 0. The van der Waals surface area contributed by atoms with Gasteiger partial charge in [0.25, 0.3) is 5.91 Å². The topological polar surface area (TPSA) is 90.8 Å². The molecule has 6 nitrogen and oxygen atoms in total. The van der Waals surface area contributed by atoms with Gasteiger partial charge in [-0.15, -0.1) is 0 Å². The molecule has 0 aliphatic rings. The summed E-state index contributed by atoms with van der Waals surface area (Å²) in [5.41, 5.74) is 4.01. The zero-order chi connectivity index (χ0) is 20.1. The number of benzene rings is 3. The van der Waals surface area contributed by atoms with Gasteiger partial charge < -0.3 is 10.4 Å². The van der Waals surface area contributed by atoms with Gasteiger partial charge in [-0.3, -0.25) is 9.59 Å². The number of fused-ring (bicyclic) bond motifs is 1. The highest BCUT2D eigenvalue weighted by Gasteiger charge is 2.09. The Balaban J connectivity index is 1.69. The lowest BCUT2D eigenvalue weighted by atomic mass is 10.0. The first-order valence-corrected chi connectivity index (χ1v) is 8.91. The Hall–Kier alpha value is -3.67. The van der Waals surface area contributed by atoms with Crippen molar-refractivity contribution in [3.8, 4) is 5.75 Å². The number of anilines is 1. The fourth-order valence-corrected chi connectivity index (χ4v) is 2.63. The van der Waals surface area contributed by atoms with E-state index in [9.17, 15) is 14.7 Å². The van der Waals surface area contributed by atoms with Crippen molar-refractivity contribution in [1.82, 2.24) is 5.43 Å². The first-order chi connectivity index (χ1) is 13.5. The van der Waals surface area contributed by atoms with Gasteiger partial charge in [-0.05, 0) is 41.1 Å². The molecule has 3 rings (SSSR count). The highest BCUT2D eigenvalue weighted by atomic mass is 16.3. The number of hydrogen-bond acceptors (Lipinski definition) is 4. The summed E-state index contributed by atoms with van der Waals surface area (Å²) in [5.74, 6) is -0.515. The molecule has 0 unspecified atom stereocenters. The van der Waals surface area contributed by atoms with E-state index in [0.717, 1.165) is 10.8 Å². The summed E-state index contributed by atoms with van der Waals surface area (Å²) < 4.78 is 0. The number of phenolic OH excluding ortho intramolecular Hbond substituents is 1. The van der Waals surface area contributed by atoms with E-state index in [1.807, 2.05) is 44.2 Å². The number of carbonyl (C=O) groups excluding carboxylic acids is 2. The lowest BCUT2D eigenvalue weighted by Gasteiger charge is -2.08. The molecule has 0 radical (unpaired) electrons. The van der Waals surface area contributed by atoms with Gasteiger partial charge in [0.05, 0.1) is 6.21 Å². The predicted molar refractivity (Wildman–Crippen MR) is 111 cm³/mol. The van der Waals surface area contributed by atoms with Crippen LogP contribution in [0.4, 0.5) is 5.69 Å². The third kappa shape index (κ3) is 4.35. The Bertz CT molecular complexity index is 1040. The lowest BCUT2D eigenvalue weighted by Crippen LogP contribution is -2.19. The molecule has 0 saturated carbocycles. The van der Waals surface area contributed by atoms with Crippen molar-refractivity contribution in [1.29, 1.82) is 0 Å². The molecule has 0 aliphatic carbocycles. The third-order valence-electron chi connectivity index (χ3n) is 4.25. The average Bonchev–Trinajstić information content (AvgIpc) is 2.70. The van der Waals surface area contributed by atoms with Crippen molar-refractivity contribution >= 4 is 34.5 Å². The molecular formula is C22H21N3O3. The predicted octanol–water partition coefficient (Wildman–Crippen LogP) is 3.90. The number of hydrazone groups is 1. The minimum Gasteiger partial charge on any atom is -0.507 e. The van der Waals surface area contributed by atoms with Gasteiger partial charge in [-0.2, -0.15) is 5.10 Å². The molecule has 0 heterocycles. The number of amides is 2. The maximum atomic E-state index is 12.3. The van der Waals surface area contributed by atoms with Crippen LogP contribution in [0.25, 0.3) is 10.8 Å². The molecule has 0 saturated heterocycles. The highest BCUT2D eigenvalue weighted by Crippen LogP contribution is 2.25. The van der Waals surface area contributed by atoms with Gasteiger partial charge in [0.2, 0.25) is 5.91 Å². The van der Waals surface area contributed by atoms with E-state index in [4.69, 9.17) is 0 Å². The summed E-state index contributed by atoms with van der Waals surface area (Å²) in [4.78, 5) is 23.9. The molecular weight excluding hydrogens is 354 g/mol. The summed E-state index contributed by atoms with van der Waals surface area (Å²) in [6, 6.07) is 17.5. The van der Waals surface area contributed by atoms with Crippen molar-refractivity contribution in [2.24, 2.45) is 11.0 Å². The number of carbonyl (C=O) groups is 2. The zero-order valence-electron chi connectivity index (χ0n) is 15.6. The summed E-state index contributed by atoms with van der Waals surface area (Å²) in [5, 5.41) is 18.6. The van der Waals surface area contributed by atoms with Gasteiger partial charge in [-0.1, -0.05) is 44.2 Å². The molecule has 0 aliphatic heterocycles. The Morgan fingerprint density at radius 2 is 1.71 bits per heavy atom. The van der Waals surface area contributed by atoms with Crippen molar-refractivity contribution in [2.45, 2.75) is 13.8 Å². The molecule has 6 heteroatoms. The maximum absolute atomic E-state index is 12.3. The molecule has 0 aromatic heterocycles. The molecule has 3 N–H and O–H groups in total. The van der Waals surface area contributed by atoms with Gasteiger partial charge in [0, 0.05) is 22.7 Å². The standard InChI is InChI=1S/C22H21N3O3/c1-14(2)21(27)24-17-10-7-16(8-11-17)22(28)25-23-13-19-18-6-4-3-5-15(18)9-12-20(19)26/h3-14,26H,1-2H3,(H,24,27)(H,25,28)/b23-13+. The molecule has 3 aromatic carbocycles. The fraction of sp³-hybridized carbons (Fsp3) is 0.136. The van der Waals surface area contributed by atoms with Crippen LogP contribution in [0.5, 0.6) is 5.75 Å². The van der Waals surface area contributed by atoms with Crippen LogP contribution in [-0.4, -0.2) is 23.1 Å². The van der Waals surface area contributed by atoms with E-state index in [2.05, 4.69) is 15.8 Å². The Labute approximate surface area is 162 Å². The lowest BCUT2D eigenvalue weighted by molar-refractivity contribution is -0.118. The molecule has 0 spiro atoms. The zero-order valence-corrected chi connectivity index (χ0v) is 15.6. The first-order valence-electron chi connectivity index (χ1n) is 8.91. The Kier molecular flexibility index (Phi) is 5.69. The van der Waals surface area contributed by atoms with Gasteiger partial charge in [0.15, 0.2) is 0 Å². The molecule has 0 bridgehead atoms. The molecule has 142 valence electrons. The monoisotopic (exact) mass is 375 g/mol. The van der Waals surface area contributed by atoms with Crippen LogP contribution in [0.15, 0.2) is 65.8 Å². The van der Waals surface area contributed by atoms with Gasteiger partial charge >= 0.3 is 0 Å². The third-order valence-corrected chi connectivity index (χ3v) is 4.25. The van der Waals surface area contributed by atoms with Crippen LogP contribution in [0, 0.1) is 5.92 Å². The number of nitrogens with one attached hydrogen (secondary N) is 2. The fourth-order valence-electron chi connectivity index (χ4n) is 2.63. The second-order valence-electron chi connectivity index (χ2n) is 6.64. The summed E-state index contributed by atoms with van der Waals surface area (Å²) >= 11 is 0. The minimum atomic E-state index is -0.391. The van der Waals surface area contributed by atoms with Gasteiger partial charge in [-0.25, -0.2) is 5.43 Å². The number of nitrogens with zero attached hydrogens (tertiary/aromatic N) is 1. The average molecular weight is 375 g/mol. The second-order valence-corrected chi connectivity index (χ2v) is 6.64. The van der Waals surface area contributed by atoms with Crippen molar-refractivity contribution in [3.63, 3.8) is 0 Å². The first kappa shape index (κ1) is 19.1. The second kappa shape index (κ2) is 8.35. The summed E-state index contributed by atoms with van der Waals surface area (Å²) in [6.07, 6.45) is 1.42. The molecule has 2 amide bonds. The SMILES string of the molecule is CC(C)C(=O)Nc1ccc(C(=O)N/N=C/c2c(O)ccc3ccccc23)cc1. The smallest absolute Gasteiger partial charge is 0.271 e. The Morgan fingerprint density at radius 1 is 1.00 bits per heavy atom. The molecule has 3 aromatic rings. The maximum Gasteiger partial charge on any atom is 0.271 e. The molecule has 0 atom stereocenters. The number of aromatic hydroxyl groups is 1. The summed E-state index contributed by atoms with van der Waals surface area (Å²) in [6.45, 7) is 3.62.